The van der Waals surface area contributed by atoms with Gasteiger partial charge < -0.3 is 9.64 Å². The molecule has 1 aromatic rings. The van der Waals surface area contributed by atoms with E-state index < -0.39 is 24.1 Å². The highest BCUT2D eigenvalue weighted by Crippen LogP contribution is 2.36. The summed E-state index contributed by atoms with van der Waals surface area (Å²) in [7, 11) is 1.08. The van der Waals surface area contributed by atoms with Gasteiger partial charge in [-0.1, -0.05) is 0 Å². The molecule has 0 saturated heterocycles. The molecule has 4 nitrogen and oxygen atoms in total. The van der Waals surface area contributed by atoms with E-state index in [1.807, 2.05) is 0 Å². The molecule has 1 atom stereocenters. The van der Waals surface area contributed by atoms with Crippen molar-refractivity contribution in [2.75, 3.05) is 13.7 Å². The van der Waals surface area contributed by atoms with Crippen LogP contribution in [0.5, 0.6) is 0 Å². The van der Waals surface area contributed by atoms with Crippen molar-refractivity contribution < 1.29 is 27.5 Å². The number of alkyl halides is 3. The van der Waals surface area contributed by atoms with E-state index in [0.29, 0.717) is 16.9 Å². The van der Waals surface area contributed by atoms with Crippen LogP contribution in [-0.2, 0) is 20.7 Å². The molecule has 19 heavy (non-hydrogen) atoms. The molecule has 8 heteroatoms. The SMILES string of the molecule is COC(=O)C1c2ccsc2CCN1C(=O)C(F)(F)F. The van der Waals surface area contributed by atoms with Crippen molar-refractivity contribution in [3.05, 3.63) is 21.9 Å². The Morgan fingerprint density at radius 1 is 1.47 bits per heavy atom. The molecule has 0 fully saturated rings. The number of fused-ring (bicyclic) bond motifs is 1. The second-order valence-corrected chi connectivity index (χ2v) is 4.97. The minimum Gasteiger partial charge on any atom is -0.467 e. The number of carbonyl (C=O) groups excluding carboxylic acids is 2. The smallest absolute Gasteiger partial charge is 0.467 e. The van der Waals surface area contributed by atoms with Gasteiger partial charge in [0.1, 0.15) is 0 Å². The van der Waals surface area contributed by atoms with Crippen molar-refractivity contribution in [3.8, 4) is 0 Å². The van der Waals surface area contributed by atoms with Crippen molar-refractivity contribution in [2.24, 2.45) is 0 Å². The fraction of sp³-hybridized carbons (Fsp3) is 0.455. The van der Waals surface area contributed by atoms with Crippen LogP contribution >= 0.6 is 11.3 Å². The highest BCUT2D eigenvalue weighted by atomic mass is 32.1. The molecule has 0 aliphatic carbocycles. The maximum absolute atomic E-state index is 12.5. The molecule has 0 bridgehead atoms. The second-order valence-electron chi connectivity index (χ2n) is 3.97. The van der Waals surface area contributed by atoms with E-state index in [2.05, 4.69) is 4.74 Å². The normalized spacial score (nSPS) is 18.9. The predicted octanol–water partition coefficient (Wildman–Crippen LogP) is 1.91. The largest absolute Gasteiger partial charge is 0.471 e. The van der Waals surface area contributed by atoms with Gasteiger partial charge in [0.25, 0.3) is 0 Å². The van der Waals surface area contributed by atoms with Gasteiger partial charge in [-0.3, -0.25) is 4.79 Å². The molecule has 0 aromatic carbocycles. The second kappa shape index (κ2) is 4.84. The Morgan fingerprint density at radius 2 is 2.16 bits per heavy atom. The Balaban J connectivity index is 2.40. The quantitative estimate of drug-likeness (QED) is 0.743. The number of halogens is 3. The number of esters is 1. The first-order chi connectivity index (χ1) is 8.86. The molecule has 1 unspecified atom stereocenters. The van der Waals surface area contributed by atoms with Gasteiger partial charge in [0.2, 0.25) is 0 Å². The van der Waals surface area contributed by atoms with E-state index in [9.17, 15) is 22.8 Å². The molecule has 2 heterocycles. The molecule has 0 spiro atoms. The number of rotatable bonds is 1. The lowest BCUT2D eigenvalue weighted by Gasteiger charge is -2.34. The highest BCUT2D eigenvalue weighted by molar-refractivity contribution is 7.10. The standard InChI is InChI=1S/C11H10F3NO3S/c1-18-9(16)8-6-3-5-19-7(6)2-4-15(8)10(17)11(12,13)14/h3,5,8H,2,4H2,1H3. The number of nitrogens with zero attached hydrogens (tertiary/aromatic N) is 1. The zero-order valence-corrected chi connectivity index (χ0v) is 10.7. The van der Waals surface area contributed by atoms with E-state index in [1.54, 1.807) is 11.4 Å². The molecule has 1 aromatic heterocycles. The number of hydrogen-bond donors (Lipinski definition) is 0. The topological polar surface area (TPSA) is 46.6 Å². The van der Waals surface area contributed by atoms with Gasteiger partial charge in [0.05, 0.1) is 7.11 Å². The summed E-state index contributed by atoms with van der Waals surface area (Å²) in [6.07, 6.45) is -4.69. The van der Waals surface area contributed by atoms with Crippen molar-refractivity contribution in [1.29, 1.82) is 0 Å². The first kappa shape index (κ1) is 13.9. The van der Waals surface area contributed by atoms with Gasteiger partial charge in [-0.2, -0.15) is 13.2 Å². The summed E-state index contributed by atoms with van der Waals surface area (Å²) in [5.41, 5.74) is 0.417. The van der Waals surface area contributed by atoms with Crippen molar-refractivity contribution in [3.63, 3.8) is 0 Å². The van der Waals surface area contributed by atoms with Crippen molar-refractivity contribution in [2.45, 2.75) is 18.6 Å². The van der Waals surface area contributed by atoms with Gasteiger partial charge >= 0.3 is 18.1 Å². The Hall–Kier alpha value is -1.57. The zero-order chi connectivity index (χ0) is 14.2. The maximum atomic E-state index is 12.5. The average molecular weight is 293 g/mol. The molecule has 2 rings (SSSR count). The first-order valence-electron chi connectivity index (χ1n) is 5.38. The fourth-order valence-electron chi connectivity index (χ4n) is 2.06. The number of thiophene rings is 1. The van der Waals surface area contributed by atoms with Gasteiger partial charge in [-0.05, 0) is 23.4 Å². The summed E-state index contributed by atoms with van der Waals surface area (Å²) in [5, 5.41) is 1.68. The van der Waals surface area contributed by atoms with Crippen LogP contribution in [0.2, 0.25) is 0 Å². The number of ether oxygens (including phenoxy) is 1. The third kappa shape index (κ3) is 2.44. The Kier molecular flexibility index (Phi) is 3.53. The van der Waals surface area contributed by atoms with Crippen LogP contribution in [0.3, 0.4) is 0 Å². The molecule has 1 aliphatic rings. The molecular formula is C11H10F3NO3S. The third-order valence-electron chi connectivity index (χ3n) is 2.89. The van der Waals surface area contributed by atoms with Crippen molar-refractivity contribution in [1.82, 2.24) is 4.90 Å². The summed E-state index contributed by atoms with van der Waals surface area (Å²) >= 11 is 1.35. The van der Waals surface area contributed by atoms with E-state index in [-0.39, 0.29) is 6.54 Å². The van der Waals surface area contributed by atoms with Crippen LogP contribution in [0.4, 0.5) is 13.2 Å². The van der Waals surface area contributed by atoms with Crippen LogP contribution in [0.15, 0.2) is 11.4 Å². The van der Waals surface area contributed by atoms with Crippen LogP contribution in [0, 0.1) is 0 Å². The van der Waals surface area contributed by atoms with E-state index in [0.717, 1.165) is 12.0 Å². The lowest BCUT2D eigenvalue weighted by Crippen LogP contribution is -2.48. The monoisotopic (exact) mass is 293 g/mol. The van der Waals surface area contributed by atoms with Crippen LogP contribution in [0.1, 0.15) is 16.5 Å². The van der Waals surface area contributed by atoms with Gasteiger partial charge in [0, 0.05) is 11.4 Å². The first-order valence-corrected chi connectivity index (χ1v) is 6.26. The Labute approximate surface area is 110 Å². The minimum atomic E-state index is -5.00. The third-order valence-corrected chi connectivity index (χ3v) is 3.89. The number of hydrogen-bond acceptors (Lipinski definition) is 4. The molecule has 104 valence electrons. The molecule has 0 N–H and O–H groups in total. The number of amides is 1. The fourth-order valence-corrected chi connectivity index (χ4v) is 2.97. The Morgan fingerprint density at radius 3 is 2.74 bits per heavy atom. The summed E-state index contributed by atoms with van der Waals surface area (Å²) in [6.45, 7) is -0.147. The Bertz CT molecular complexity index is 512. The highest BCUT2D eigenvalue weighted by Gasteiger charge is 2.48. The molecular weight excluding hydrogens is 283 g/mol. The summed E-state index contributed by atoms with van der Waals surface area (Å²) in [4.78, 5) is 24.4. The van der Waals surface area contributed by atoms with Gasteiger partial charge in [0.15, 0.2) is 6.04 Å². The summed E-state index contributed by atoms with van der Waals surface area (Å²) < 4.78 is 42.1. The number of methoxy groups -OCH3 is 1. The molecule has 1 aliphatic heterocycles. The van der Waals surface area contributed by atoms with Crippen LogP contribution in [0.25, 0.3) is 0 Å². The van der Waals surface area contributed by atoms with Crippen molar-refractivity contribution >= 4 is 23.2 Å². The van der Waals surface area contributed by atoms with E-state index >= 15 is 0 Å². The molecule has 1 amide bonds. The van der Waals surface area contributed by atoms with Gasteiger partial charge in [-0.25, -0.2) is 4.79 Å². The summed E-state index contributed by atoms with van der Waals surface area (Å²) in [5.74, 6) is -2.88. The van der Waals surface area contributed by atoms with Gasteiger partial charge in [-0.15, -0.1) is 11.3 Å². The van der Waals surface area contributed by atoms with Crippen LogP contribution < -0.4 is 0 Å². The molecule has 0 saturated carbocycles. The lowest BCUT2D eigenvalue weighted by atomic mass is 10.00. The van der Waals surface area contributed by atoms with E-state index in [4.69, 9.17) is 0 Å². The lowest BCUT2D eigenvalue weighted by molar-refractivity contribution is -0.190. The average Bonchev–Trinajstić information content (AvgIpc) is 2.82. The molecule has 0 radical (unpaired) electrons. The van der Waals surface area contributed by atoms with Crippen LogP contribution in [-0.4, -0.2) is 36.6 Å². The summed E-state index contributed by atoms with van der Waals surface area (Å²) in [6, 6.07) is 0.242. The number of carbonyl (C=O) groups is 2. The van der Waals surface area contributed by atoms with E-state index in [1.165, 1.54) is 11.3 Å². The minimum absolute atomic E-state index is 0.147. The zero-order valence-electron chi connectivity index (χ0n) is 9.86. The predicted molar refractivity (Wildman–Crippen MR) is 60.5 cm³/mol. The maximum Gasteiger partial charge on any atom is 0.471 e.